The lowest BCUT2D eigenvalue weighted by Gasteiger charge is -2.32. The van der Waals surface area contributed by atoms with E-state index in [4.69, 9.17) is 4.74 Å². The quantitative estimate of drug-likeness (QED) is 0.663. The molecule has 0 aromatic heterocycles. The number of amides is 1. The molecule has 0 aromatic rings. The Kier molecular flexibility index (Phi) is 8.96. The van der Waals surface area contributed by atoms with Crippen molar-refractivity contribution < 1.29 is 9.53 Å². The van der Waals surface area contributed by atoms with E-state index in [0.717, 1.165) is 12.8 Å². The molecule has 0 aromatic carbocycles. The van der Waals surface area contributed by atoms with Gasteiger partial charge in [-0.2, -0.15) is 0 Å². The second-order valence-corrected chi connectivity index (χ2v) is 7.94. The Hall–Kier alpha value is -0.770. The van der Waals surface area contributed by atoms with Crippen LogP contribution in [0.5, 0.6) is 0 Å². The molecule has 23 heavy (non-hydrogen) atoms. The van der Waals surface area contributed by atoms with E-state index in [1.165, 1.54) is 44.9 Å². The highest BCUT2D eigenvalue weighted by atomic mass is 16.6. The molecular formula is C19H38N2O2. The van der Waals surface area contributed by atoms with Crippen molar-refractivity contribution in [3.05, 3.63) is 0 Å². The lowest BCUT2D eigenvalue weighted by atomic mass is 9.99. The summed E-state index contributed by atoms with van der Waals surface area (Å²) in [6.45, 7) is 10.2. The molecule has 1 aliphatic carbocycles. The molecule has 1 aliphatic rings. The average Bonchev–Trinajstić information content (AvgIpc) is 2.63. The molecule has 0 radical (unpaired) electrons. The van der Waals surface area contributed by atoms with Gasteiger partial charge in [-0.15, -0.1) is 0 Å². The Morgan fingerprint density at radius 1 is 1.04 bits per heavy atom. The third-order valence-corrected chi connectivity index (χ3v) is 4.44. The van der Waals surface area contributed by atoms with Gasteiger partial charge in [0.1, 0.15) is 5.60 Å². The van der Waals surface area contributed by atoms with Crippen LogP contribution >= 0.6 is 0 Å². The van der Waals surface area contributed by atoms with Crippen molar-refractivity contribution in [3.8, 4) is 0 Å². The van der Waals surface area contributed by atoms with Crippen molar-refractivity contribution >= 4 is 6.09 Å². The number of hydrogen-bond donors (Lipinski definition) is 2. The standard InChI is InChI=1S/C19H38N2O2/c1-6-11-15(12-7-2)20-16-13-9-8-10-14-17(16)21-18(22)23-19(3,4)5/h15-17,20H,6-14H2,1-5H3,(H,21,22). The summed E-state index contributed by atoms with van der Waals surface area (Å²) >= 11 is 0. The first-order chi connectivity index (χ1) is 10.9. The SMILES string of the molecule is CCCC(CCC)NC1CCCCCC1NC(=O)OC(C)(C)C. The number of alkyl carbamates (subject to hydrolysis) is 1. The Labute approximate surface area is 143 Å². The van der Waals surface area contributed by atoms with Crippen LogP contribution in [0.15, 0.2) is 0 Å². The maximum Gasteiger partial charge on any atom is 0.407 e. The summed E-state index contributed by atoms with van der Waals surface area (Å²) in [6.07, 6.45) is 10.4. The van der Waals surface area contributed by atoms with E-state index >= 15 is 0 Å². The largest absolute Gasteiger partial charge is 0.444 e. The summed E-state index contributed by atoms with van der Waals surface area (Å²) < 4.78 is 5.45. The molecule has 1 rings (SSSR count). The molecule has 2 unspecified atom stereocenters. The first-order valence-electron chi connectivity index (χ1n) is 9.61. The van der Waals surface area contributed by atoms with Crippen molar-refractivity contribution in [2.45, 2.75) is 116 Å². The van der Waals surface area contributed by atoms with Crippen molar-refractivity contribution in [1.82, 2.24) is 10.6 Å². The van der Waals surface area contributed by atoms with Gasteiger partial charge in [-0.3, -0.25) is 0 Å². The van der Waals surface area contributed by atoms with Gasteiger partial charge in [0.05, 0.1) is 0 Å². The normalized spacial score (nSPS) is 22.7. The lowest BCUT2D eigenvalue weighted by molar-refractivity contribution is 0.0487. The van der Waals surface area contributed by atoms with Crippen LogP contribution in [0, 0.1) is 0 Å². The van der Waals surface area contributed by atoms with Gasteiger partial charge in [0.15, 0.2) is 0 Å². The predicted octanol–water partition coefficient (Wildman–Crippen LogP) is 4.77. The second kappa shape index (κ2) is 10.2. The van der Waals surface area contributed by atoms with Crippen LogP contribution in [-0.2, 0) is 4.74 Å². The molecule has 0 heterocycles. The van der Waals surface area contributed by atoms with Gasteiger partial charge in [0, 0.05) is 18.1 Å². The molecular weight excluding hydrogens is 288 g/mol. The first kappa shape index (κ1) is 20.3. The second-order valence-electron chi connectivity index (χ2n) is 7.94. The molecule has 2 atom stereocenters. The van der Waals surface area contributed by atoms with E-state index in [1.807, 2.05) is 20.8 Å². The Morgan fingerprint density at radius 3 is 2.13 bits per heavy atom. The minimum absolute atomic E-state index is 0.184. The van der Waals surface area contributed by atoms with Crippen LogP contribution in [0.25, 0.3) is 0 Å². The molecule has 4 heteroatoms. The fraction of sp³-hybridized carbons (Fsp3) is 0.947. The fourth-order valence-electron chi connectivity index (χ4n) is 3.45. The van der Waals surface area contributed by atoms with Gasteiger partial charge >= 0.3 is 6.09 Å². The molecule has 1 amide bonds. The van der Waals surface area contributed by atoms with Crippen molar-refractivity contribution in [1.29, 1.82) is 0 Å². The zero-order valence-electron chi connectivity index (χ0n) is 15.9. The molecule has 136 valence electrons. The Bertz CT molecular complexity index is 333. The molecule has 0 saturated heterocycles. The van der Waals surface area contributed by atoms with Gasteiger partial charge < -0.3 is 15.4 Å². The summed E-state index contributed by atoms with van der Waals surface area (Å²) in [7, 11) is 0. The molecule has 2 N–H and O–H groups in total. The molecule has 4 nitrogen and oxygen atoms in total. The topological polar surface area (TPSA) is 50.4 Å². The number of ether oxygens (including phenoxy) is 1. The zero-order chi connectivity index (χ0) is 17.3. The minimum atomic E-state index is -0.440. The van der Waals surface area contributed by atoms with E-state index in [0.29, 0.717) is 12.1 Å². The van der Waals surface area contributed by atoms with Crippen LogP contribution in [0.4, 0.5) is 4.79 Å². The van der Waals surface area contributed by atoms with E-state index in [9.17, 15) is 4.79 Å². The van der Waals surface area contributed by atoms with Gasteiger partial charge in [-0.1, -0.05) is 46.0 Å². The molecule has 0 spiro atoms. The monoisotopic (exact) mass is 326 g/mol. The highest BCUT2D eigenvalue weighted by Crippen LogP contribution is 2.21. The first-order valence-corrected chi connectivity index (χ1v) is 9.61. The van der Waals surface area contributed by atoms with Crippen LogP contribution in [0.3, 0.4) is 0 Å². The smallest absolute Gasteiger partial charge is 0.407 e. The molecule has 0 bridgehead atoms. The van der Waals surface area contributed by atoms with E-state index in [1.54, 1.807) is 0 Å². The van der Waals surface area contributed by atoms with Crippen LogP contribution in [0.1, 0.15) is 92.4 Å². The maximum atomic E-state index is 12.2. The predicted molar refractivity (Wildman–Crippen MR) is 96.8 cm³/mol. The number of hydrogen-bond acceptors (Lipinski definition) is 3. The summed E-state index contributed by atoms with van der Waals surface area (Å²) in [5.74, 6) is 0. The summed E-state index contributed by atoms with van der Waals surface area (Å²) in [5.41, 5.74) is -0.440. The van der Waals surface area contributed by atoms with E-state index in [2.05, 4.69) is 24.5 Å². The fourth-order valence-corrected chi connectivity index (χ4v) is 3.45. The average molecular weight is 327 g/mol. The highest BCUT2D eigenvalue weighted by molar-refractivity contribution is 5.68. The van der Waals surface area contributed by atoms with Crippen LogP contribution in [0.2, 0.25) is 0 Å². The summed E-state index contributed by atoms with van der Waals surface area (Å²) in [4.78, 5) is 12.2. The van der Waals surface area contributed by atoms with E-state index in [-0.39, 0.29) is 12.1 Å². The number of carbonyl (C=O) groups is 1. The van der Waals surface area contributed by atoms with Gasteiger partial charge in [0.25, 0.3) is 0 Å². The van der Waals surface area contributed by atoms with Gasteiger partial charge in [0.2, 0.25) is 0 Å². The van der Waals surface area contributed by atoms with Crippen molar-refractivity contribution in [2.24, 2.45) is 0 Å². The molecule has 1 fully saturated rings. The summed E-state index contributed by atoms with van der Waals surface area (Å²) in [6, 6.07) is 1.12. The van der Waals surface area contributed by atoms with E-state index < -0.39 is 5.60 Å². The Balaban J connectivity index is 2.65. The Morgan fingerprint density at radius 2 is 1.61 bits per heavy atom. The third kappa shape index (κ3) is 8.59. The minimum Gasteiger partial charge on any atom is -0.444 e. The maximum absolute atomic E-state index is 12.2. The number of carbonyl (C=O) groups excluding carboxylic acids is 1. The highest BCUT2D eigenvalue weighted by Gasteiger charge is 2.28. The van der Waals surface area contributed by atoms with Gasteiger partial charge in [-0.05, 0) is 46.5 Å². The van der Waals surface area contributed by atoms with Crippen molar-refractivity contribution in [3.63, 3.8) is 0 Å². The number of rotatable bonds is 7. The molecule has 1 saturated carbocycles. The van der Waals surface area contributed by atoms with Crippen molar-refractivity contribution in [2.75, 3.05) is 0 Å². The van der Waals surface area contributed by atoms with Crippen LogP contribution < -0.4 is 10.6 Å². The van der Waals surface area contributed by atoms with Gasteiger partial charge in [-0.25, -0.2) is 4.79 Å². The molecule has 0 aliphatic heterocycles. The van der Waals surface area contributed by atoms with Crippen LogP contribution in [-0.4, -0.2) is 29.8 Å². The number of nitrogens with one attached hydrogen (secondary N) is 2. The zero-order valence-corrected chi connectivity index (χ0v) is 15.9. The lowest BCUT2D eigenvalue weighted by Crippen LogP contribution is -2.53. The summed E-state index contributed by atoms with van der Waals surface area (Å²) in [5, 5.41) is 6.98. The third-order valence-electron chi connectivity index (χ3n) is 4.44.